The van der Waals surface area contributed by atoms with Gasteiger partial charge in [-0.3, -0.25) is 0 Å². The van der Waals surface area contributed by atoms with E-state index in [-0.39, 0.29) is 6.61 Å². The van der Waals surface area contributed by atoms with Crippen LogP contribution in [0.1, 0.15) is 25.3 Å². The minimum absolute atomic E-state index is 0.0584. The lowest BCUT2D eigenvalue weighted by Gasteiger charge is -2.25. The smallest absolute Gasteiger partial charge is 0.372 e. The van der Waals surface area contributed by atoms with Crippen molar-refractivity contribution in [1.82, 2.24) is 0 Å². The normalized spacial score (nSPS) is 15.3. The van der Waals surface area contributed by atoms with Crippen LogP contribution in [0, 0.1) is 0 Å². The molecule has 19 heavy (non-hydrogen) atoms. The predicted octanol–water partition coefficient (Wildman–Crippen LogP) is 3.98. The molecule has 0 saturated heterocycles. The molecule has 0 aliphatic rings. The van der Waals surface area contributed by atoms with Gasteiger partial charge in [-0.25, -0.2) is 0 Å². The highest BCUT2D eigenvalue weighted by atomic mass is 79.9. The zero-order valence-electron chi connectivity index (χ0n) is 10.6. The molecule has 1 unspecified atom stereocenters. The van der Waals surface area contributed by atoms with E-state index in [1.807, 2.05) is 31.2 Å². The third-order valence-corrected chi connectivity index (χ3v) is 3.28. The Morgan fingerprint density at radius 3 is 2.32 bits per heavy atom. The van der Waals surface area contributed by atoms with E-state index in [1.54, 1.807) is 0 Å². The molecule has 2 N–H and O–H groups in total. The Balaban J connectivity index is 2.37. The first-order valence-corrected chi connectivity index (χ1v) is 6.69. The standard InChI is InChI=1S/C13H17BrF3NO/c1-12(18,10-3-5-11(14)6-4-10)7-2-8-19-9-13(15,16)17/h3-6H,2,7-9,18H2,1H3. The predicted molar refractivity (Wildman–Crippen MR) is 71.8 cm³/mol. The minimum atomic E-state index is -4.27. The van der Waals surface area contributed by atoms with E-state index in [0.717, 1.165) is 10.0 Å². The van der Waals surface area contributed by atoms with Gasteiger partial charge in [0, 0.05) is 16.6 Å². The molecule has 0 bridgehead atoms. The highest BCUT2D eigenvalue weighted by molar-refractivity contribution is 9.10. The van der Waals surface area contributed by atoms with E-state index in [2.05, 4.69) is 20.7 Å². The molecule has 0 aliphatic heterocycles. The number of halogens is 4. The van der Waals surface area contributed by atoms with Crippen molar-refractivity contribution < 1.29 is 17.9 Å². The molecule has 1 aromatic rings. The van der Waals surface area contributed by atoms with Crippen molar-refractivity contribution in [2.24, 2.45) is 5.73 Å². The molecule has 0 fully saturated rings. The number of ether oxygens (including phenoxy) is 1. The van der Waals surface area contributed by atoms with Crippen LogP contribution in [0.4, 0.5) is 13.2 Å². The Morgan fingerprint density at radius 1 is 1.21 bits per heavy atom. The molecule has 0 radical (unpaired) electrons. The second-order valence-electron chi connectivity index (χ2n) is 4.70. The maximum absolute atomic E-state index is 11.9. The zero-order valence-corrected chi connectivity index (χ0v) is 12.2. The van der Waals surface area contributed by atoms with E-state index in [1.165, 1.54) is 0 Å². The first kappa shape index (κ1) is 16.5. The van der Waals surface area contributed by atoms with Crippen LogP contribution in [0.25, 0.3) is 0 Å². The van der Waals surface area contributed by atoms with Gasteiger partial charge < -0.3 is 10.5 Å². The van der Waals surface area contributed by atoms with Gasteiger partial charge in [0.15, 0.2) is 0 Å². The number of benzene rings is 1. The molecule has 0 aromatic heterocycles. The Bertz CT molecular complexity index is 390. The van der Waals surface area contributed by atoms with E-state index in [9.17, 15) is 13.2 Å². The summed E-state index contributed by atoms with van der Waals surface area (Å²) >= 11 is 3.34. The molecule has 1 aromatic carbocycles. The van der Waals surface area contributed by atoms with Crippen LogP contribution in [0.5, 0.6) is 0 Å². The van der Waals surface area contributed by atoms with Crippen LogP contribution in [0.15, 0.2) is 28.7 Å². The summed E-state index contributed by atoms with van der Waals surface area (Å²) < 4.78 is 41.1. The second-order valence-corrected chi connectivity index (χ2v) is 5.61. The fraction of sp³-hybridized carbons (Fsp3) is 0.538. The Morgan fingerprint density at radius 2 is 1.79 bits per heavy atom. The molecule has 0 amide bonds. The molecule has 6 heteroatoms. The molecule has 1 atom stereocenters. The van der Waals surface area contributed by atoms with Crippen LogP contribution in [0.3, 0.4) is 0 Å². The summed E-state index contributed by atoms with van der Waals surface area (Å²) in [4.78, 5) is 0. The largest absolute Gasteiger partial charge is 0.411 e. The van der Waals surface area contributed by atoms with Crippen LogP contribution >= 0.6 is 15.9 Å². The van der Waals surface area contributed by atoms with Gasteiger partial charge in [0.2, 0.25) is 0 Å². The maximum Gasteiger partial charge on any atom is 0.411 e. The molecule has 0 aliphatic carbocycles. The molecular weight excluding hydrogens is 323 g/mol. The molecule has 108 valence electrons. The van der Waals surface area contributed by atoms with E-state index in [4.69, 9.17) is 5.73 Å². The van der Waals surface area contributed by atoms with E-state index in [0.29, 0.717) is 12.8 Å². The van der Waals surface area contributed by atoms with Gasteiger partial charge in [0.25, 0.3) is 0 Å². The fourth-order valence-electron chi connectivity index (χ4n) is 1.70. The van der Waals surface area contributed by atoms with Crippen molar-refractivity contribution in [2.45, 2.75) is 31.5 Å². The van der Waals surface area contributed by atoms with Gasteiger partial charge >= 0.3 is 6.18 Å². The van der Waals surface area contributed by atoms with E-state index >= 15 is 0 Å². The Labute approximate surface area is 119 Å². The van der Waals surface area contributed by atoms with Crippen LogP contribution in [0.2, 0.25) is 0 Å². The Hall–Kier alpha value is -0.590. The third kappa shape index (κ3) is 6.40. The summed E-state index contributed by atoms with van der Waals surface area (Å²) in [7, 11) is 0. The summed E-state index contributed by atoms with van der Waals surface area (Å²) in [5.41, 5.74) is 6.55. The molecule has 0 spiro atoms. The number of nitrogens with two attached hydrogens (primary N) is 1. The summed E-state index contributed by atoms with van der Waals surface area (Å²) in [6.07, 6.45) is -3.22. The quantitative estimate of drug-likeness (QED) is 0.795. The molecule has 0 saturated carbocycles. The number of hydrogen-bond donors (Lipinski definition) is 1. The first-order chi connectivity index (χ1) is 8.71. The van der Waals surface area contributed by atoms with Gasteiger partial charge in [0.05, 0.1) is 0 Å². The van der Waals surface area contributed by atoms with Gasteiger partial charge in [-0.1, -0.05) is 28.1 Å². The summed E-state index contributed by atoms with van der Waals surface area (Å²) in [6.45, 7) is 0.718. The fourth-order valence-corrected chi connectivity index (χ4v) is 1.97. The van der Waals surface area contributed by atoms with Crippen LogP contribution < -0.4 is 5.73 Å². The lowest BCUT2D eigenvalue weighted by molar-refractivity contribution is -0.174. The van der Waals surface area contributed by atoms with E-state index < -0.39 is 18.3 Å². The van der Waals surface area contributed by atoms with Crippen molar-refractivity contribution in [1.29, 1.82) is 0 Å². The van der Waals surface area contributed by atoms with Crippen LogP contribution in [-0.4, -0.2) is 19.4 Å². The maximum atomic E-state index is 11.9. The molecule has 1 rings (SSSR count). The third-order valence-electron chi connectivity index (χ3n) is 2.75. The van der Waals surface area contributed by atoms with Gasteiger partial charge in [0.1, 0.15) is 6.61 Å². The van der Waals surface area contributed by atoms with Crippen molar-refractivity contribution in [3.63, 3.8) is 0 Å². The van der Waals surface area contributed by atoms with Gasteiger partial charge in [-0.2, -0.15) is 13.2 Å². The average molecular weight is 340 g/mol. The molecular formula is C13H17BrF3NO. The highest BCUT2D eigenvalue weighted by Gasteiger charge is 2.27. The first-order valence-electron chi connectivity index (χ1n) is 5.90. The van der Waals surface area contributed by atoms with Crippen molar-refractivity contribution in [3.05, 3.63) is 34.3 Å². The Kier molecular flexibility index (Phi) is 5.82. The molecule has 0 heterocycles. The lowest BCUT2D eigenvalue weighted by atomic mass is 9.89. The SMILES string of the molecule is CC(N)(CCCOCC(F)(F)F)c1ccc(Br)cc1. The average Bonchev–Trinajstić information content (AvgIpc) is 2.27. The van der Waals surface area contributed by atoms with Crippen molar-refractivity contribution in [2.75, 3.05) is 13.2 Å². The number of rotatable bonds is 6. The minimum Gasteiger partial charge on any atom is -0.372 e. The molecule has 2 nitrogen and oxygen atoms in total. The second kappa shape index (κ2) is 6.72. The summed E-state index contributed by atoms with van der Waals surface area (Å²) in [5.74, 6) is 0. The number of hydrogen-bond acceptors (Lipinski definition) is 2. The van der Waals surface area contributed by atoms with Crippen molar-refractivity contribution >= 4 is 15.9 Å². The summed E-state index contributed by atoms with van der Waals surface area (Å²) in [6, 6.07) is 7.59. The van der Waals surface area contributed by atoms with Crippen molar-refractivity contribution in [3.8, 4) is 0 Å². The lowest BCUT2D eigenvalue weighted by Crippen LogP contribution is -2.33. The topological polar surface area (TPSA) is 35.2 Å². The highest BCUT2D eigenvalue weighted by Crippen LogP contribution is 2.25. The van der Waals surface area contributed by atoms with Gasteiger partial charge in [-0.05, 0) is 37.5 Å². The zero-order chi connectivity index (χ0) is 14.5. The van der Waals surface area contributed by atoms with Crippen LogP contribution in [-0.2, 0) is 10.3 Å². The van der Waals surface area contributed by atoms with Gasteiger partial charge in [-0.15, -0.1) is 0 Å². The summed E-state index contributed by atoms with van der Waals surface area (Å²) in [5, 5.41) is 0. The monoisotopic (exact) mass is 339 g/mol. The number of alkyl halides is 3.